The molecule has 77 heavy (non-hydrogen) atoms. The maximum Gasteiger partial charge on any atom is 0.410 e. The second-order valence-electron chi connectivity index (χ2n) is 18.6. The van der Waals surface area contributed by atoms with Gasteiger partial charge in [-0.1, -0.05) is 38.1 Å². The van der Waals surface area contributed by atoms with Crippen molar-refractivity contribution in [2.75, 3.05) is 104 Å². The molecular weight excluding hydrogens is 1000 g/mol. The van der Waals surface area contributed by atoms with Crippen LogP contribution >= 0.6 is 0 Å². The van der Waals surface area contributed by atoms with Gasteiger partial charge in [0.2, 0.25) is 17.7 Å². The van der Waals surface area contributed by atoms with Crippen molar-refractivity contribution in [3.63, 3.8) is 0 Å². The largest absolute Gasteiger partial charge is 0.496 e. The zero-order chi connectivity index (χ0) is 55.3. The highest BCUT2D eigenvalue weighted by Crippen LogP contribution is 2.25. The molecule has 0 unspecified atom stereocenters. The summed E-state index contributed by atoms with van der Waals surface area (Å²) in [5.41, 5.74) is 15.0. The number of nitrogens with zero attached hydrogens (tertiary/aromatic N) is 6. The predicted octanol–water partition coefficient (Wildman–Crippen LogP) is 1.67. The van der Waals surface area contributed by atoms with Crippen molar-refractivity contribution in [1.29, 1.82) is 0 Å². The topological polar surface area (TPSA) is 319 Å². The number of H-pyrrole nitrogens is 1. The second kappa shape index (κ2) is 29.7. The summed E-state index contributed by atoms with van der Waals surface area (Å²) in [7, 11) is 1.57. The van der Waals surface area contributed by atoms with Crippen molar-refractivity contribution in [2.24, 2.45) is 11.7 Å². The maximum atomic E-state index is 13.6. The molecule has 1 saturated heterocycles. The molecule has 8 N–H and O–H groups in total. The lowest BCUT2D eigenvalue weighted by atomic mass is 10.0. The molecule has 2 aliphatic rings. The maximum absolute atomic E-state index is 13.6. The normalized spacial score (nSPS) is 14.5. The number of carbonyl (C=O) groups excluding carboxylic acids is 6. The van der Waals surface area contributed by atoms with E-state index in [2.05, 4.69) is 35.8 Å². The van der Waals surface area contributed by atoms with Crippen LogP contribution in [0.3, 0.4) is 0 Å². The molecule has 2 aromatic carbocycles. The SMILES string of the molecule is CCOc1nc(N)c2[nH]c(=O)n(Cc3ccc(CN4CCN(C(=O)OCc5ccc(NC(=O)[C@H](CCCCN)NC(=O)[C@@H](NC(=O)CCOCCOCCOCCN6C(=O)C=CC6=O)C(C)C)cc5)CC4)cc3OC)c2n1. The van der Waals surface area contributed by atoms with Crippen LogP contribution in [0.1, 0.15) is 63.1 Å². The Hall–Kier alpha value is -7.45. The number of rotatable bonds is 31. The summed E-state index contributed by atoms with van der Waals surface area (Å²) in [6, 6.07) is 11.0. The number of fused-ring (bicyclic) bond motifs is 1. The van der Waals surface area contributed by atoms with Crippen LogP contribution in [0.25, 0.3) is 11.2 Å². The van der Waals surface area contributed by atoms with Crippen molar-refractivity contribution in [3.05, 3.63) is 81.8 Å². The minimum Gasteiger partial charge on any atom is -0.496 e. The molecule has 4 heterocycles. The van der Waals surface area contributed by atoms with Crippen molar-refractivity contribution in [3.8, 4) is 11.8 Å². The third-order valence-electron chi connectivity index (χ3n) is 12.6. The molecule has 25 heteroatoms. The van der Waals surface area contributed by atoms with E-state index in [1.165, 1.54) is 16.7 Å². The van der Waals surface area contributed by atoms with Gasteiger partial charge < -0.3 is 65.7 Å². The number of aromatic nitrogens is 4. The monoisotopic (exact) mass is 1070 g/mol. The van der Waals surface area contributed by atoms with Crippen molar-refractivity contribution >= 4 is 58.3 Å². The molecule has 2 atom stereocenters. The molecular formula is C52H72N12O13. The van der Waals surface area contributed by atoms with Crippen molar-refractivity contribution in [2.45, 2.75) is 78.2 Å². The van der Waals surface area contributed by atoms with Gasteiger partial charge in [0.1, 0.15) is 30.0 Å². The van der Waals surface area contributed by atoms with Gasteiger partial charge in [-0.05, 0) is 68.0 Å². The number of piperazine rings is 1. The van der Waals surface area contributed by atoms with Gasteiger partial charge in [0.05, 0.1) is 66.4 Å². The van der Waals surface area contributed by atoms with Crippen LogP contribution in [0, 0.1) is 5.92 Å². The fourth-order valence-corrected chi connectivity index (χ4v) is 8.37. The minimum absolute atomic E-state index is 0.00266. The van der Waals surface area contributed by atoms with Crippen LogP contribution < -0.4 is 42.6 Å². The van der Waals surface area contributed by atoms with E-state index in [4.69, 9.17) is 39.9 Å². The molecule has 25 nitrogen and oxygen atoms in total. The van der Waals surface area contributed by atoms with Gasteiger partial charge in [0.15, 0.2) is 11.5 Å². The van der Waals surface area contributed by atoms with E-state index in [0.29, 0.717) is 93.3 Å². The van der Waals surface area contributed by atoms with Crippen LogP contribution in [-0.2, 0) is 62.6 Å². The van der Waals surface area contributed by atoms with Gasteiger partial charge in [-0.3, -0.25) is 38.3 Å². The number of nitrogens with one attached hydrogen (secondary N) is 4. The number of ether oxygens (including phenoxy) is 6. The van der Waals surface area contributed by atoms with Gasteiger partial charge in [-0.15, -0.1) is 0 Å². The van der Waals surface area contributed by atoms with E-state index in [1.807, 2.05) is 18.2 Å². The Bertz CT molecular complexity index is 2700. The Morgan fingerprint density at radius 3 is 2.14 bits per heavy atom. The zero-order valence-electron chi connectivity index (χ0n) is 44.2. The van der Waals surface area contributed by atoms with Crippen LogP contribution in [0.4, 0.5) is 16.3 Å². The lowest BCUT2D eigenvalue weighted by molar-refractivity contribution is -0.137. The summed E-state index contributed by atoms with van der Waals surface area (Å²) in [5.74, 6) is -1.63. The van der Waals surface area contributed by atoms with E-state index < -0.39 is 41.6 Å². The Kier molecular flexibility index (Phi) is 22.7. The number of imide groups is 1. The number of aromatic amines is 1. The highest BCUT2D eigenvalue weighted by atomic mass is 16.6. The molecule has 0 aliphatic carbocycles. The summed E-state index contributed by atoms with van der Waals surface area (Å²) < 4.78 is 34.7. The number of methoxy groups -OCH3 is 1. The second-order valence-corrected chi connectivity index (χ2v) is 18.6. The first kappa shape index (κ1) is 58.8. The summed E-state index contributed by atoms with van der Waals surface area (Å²) in [6.07, 6.45) is 3.54. The first-order valence-corrected chi connectivity index (χ1v) is 25.8. The van der Waals surface area contributed by atoms with Gasteiger partial charge in [-0.2, -0.15) is 9.97 Å². The molecule has 418 valence electrons. The van der Waals surface area contributed by atoms with Crippen LogP contribution in [0.15, 0.2) is 59.4 Å². The number of anilines is 2. The molecule has 6 rings (SSSR count). The van der Waals surface area contributed by atoms with E-state index in [-0.39, 0.29) is 95.3 Å². The quantitative estimate of drug-likeness (QED) is 0.0308. The van der Waals surface area contributed by atoms with Crippen molar-refractivity contribution in [1.82, 2.24) is 44.9 Å². The number of hydrogen-bond donors (Lipinski definition) is 6. The minimum atomic E-state index is -0.915. The van der Waals surface area contributed by atoms with Gasteiger partial charge >= 0.3 is 17.8 Å². The Morgan fingerprint density at radius 2 is 1.48 bits per heavy atom. The summed E-state index contributed by atoms with van der Waals surface area (Å²) in [5, 5.41) is 8.48. The fourth-order valence-electron chi connectivity index (χ4n) is 8.37. The molecule has 2 aromatic heterocycles. The number of benzene rings is 2. The Labute approximate surface area is 446 Å². The smallest absolute Gasteiger partial charge is 0.410 e. The average Bonchev–Trinajstić information content (AvgIpc) is 3.92. The number of imidazole rings is 1. The molecule has 4 aromatic rings. The first-order valence-electron chi connectivity index (χ1n) is 25.8. The average molecular weight is 1070 g/mol. The fraction of sp³-hybridized carbons (Fsp3) is 0.519. The van der Waals surface area contributed by atoms with E-state index in [9.17, 15) is 33.6 Å². The van der Waals surface area contributed by atoms with Gasteiger partial charge in [0, 0.05) is 62.5 Å². The molecule has 0 saturated carbocycles. The lowest BCUT2D eigenvalue weighted by Crippen LogP contribution is -2.54. The summed E-state index contributed by atoms with van der Waals surface area (Å²) in [4.78, 5) is 105. The van der Waals surface area contributed by atoms with E-state index in [1.54, 1.807) is 57.0 Å². The number of nitrogen functional groups attached to an aromatic ring is 1. The third kappa shape index (κ3) is 17.5. The Balaban J connectivity index is 0.887. The first-order chi connectivity index (χ1) is 37.2. The van der Waals surface area contributed by atoms with Gasteiger partial charge in [-0.25, -0.2) is 9.59 Å². The molecule has 0 spiro atoms. The third-order valence-corrected chi connectivity index (χ3v) is 12.6. The number of amides is 6. The predicted molar refractivity (Wildman–Crippen MR) is 282 cm³/mol. The molecule has 0 bridgehead atoms. The number of nitrogens with two attached hydrogens (primary N) is 2. The molecule has 2 aliphatic heterocycles. The standard InChI is InChI=1S/C52H72N12O13/c1-5-76-50-59-46(54)45-47(60-50)64(51(70)58-45)32-37-12-9-36(30-40(37)72-4)31-61-19-21-62(22-20-61)52(71)77-33-35-10-13-38(14-11-35)55-48(68)39(8-6-7-18-53)56-49(69)44(34(2)3)57-41(65)17-24-73-26-28-75-29-27-74-25-23-63-42(66)15-16-43(63)67/h9-16,30,34,39,44H,5-8,17-29,31-33,53H2,1-4H3,(H,55,68)(H,56,69)(H,57,65)(H,58,70)(H2,54,59,60)/t39-,44-/m0/s1. The molecule has 0 radical (unpaired) electrons. The lowest BCUT2D eigenvalue weighted by Gasteiger charge is -2.34. The Morgan fingerprint density at radius 1 is 0.805 bits per heavy atom. The van der Waals surface area contributed by atoms with E-state index in [0.717, 1.165) is 16.0 Å². The zero-order valence-corrected chi connectivity index (χ0v) is 44.2. The van der Waals surface area contributed by atoms with Crippen LogP contribution in [-0.4, -0.2) is 175 Å². The summed E-state index contributed by atoms with van der Waals surface area (Å²) >= 11 is 0. The summed E-state index contributed by atoms with van der Waals surface area (Å²) in [6.45, 7) is 10.6. The highest BCUT2D eigenvalue weighted by molar-refractivity contribution is 6.12. The van der Waals surface area contributed by atoms with Crippen LogP contribution in [0.5, 0.6) is 11.8 Å². The van der Waals surface area contributed by atoms with Crippen molar-refractivity contribution < 1.29 is 57.2 Å². The highest BCUT2D eigenvalue weighted by Gasteiger charge is 2.29. The number of unbranched alkanes of at least 4 members (excludes halogenated alkanes) is 1. The molecule has 6 amide bonds. The van der Waals surface area contributed by atoms with Gasteiger partial charge in [0.25, 0.3) is 11.8 Å². The molecule has 1 fully saturated rings. The van der Waals surface area contributed by atoms with E-state index >= 15 is 0 Å². The number of hydrogen-bond acceptors (Lipinski definition) is 18. The number of carbonyl (C=O) groups is 6. The van der Waals surface area contributed by atoms with Crippen LogP contribution in [0.2, 0.25) is 0 Å².